The van der Waals surface area contributed by atoms with Crippen molar-refractivity contribution in [3.05, 3.63) is 41.5 Å². The maximum Gasteiger partial charge on any atom is 0.409 e. The summed E-state index contributed by atoms with van der Waals surface area (Å²) in [5, 5.41) is 4.66. The van der Waals surface area contributed by atoms with Gasteiger partial charge in [-0.15, -0.1) is 0 Å². The van der Waals surface area contributed by atoms with Gasteiger partial charge < -0.3 is 14.4 Å². The molecule has 7 heteroatoms. The molecular formula is C24H33N3O4. The Bertz CT molecular complexity index is 848. The molecule has 0 spiro atoms. The third kappa shape index (κ3) is 5.66. The van der Waals surface area contributed by atoms with E-state index in [0.29, 0.717) is 6.42 Å². The van der Waals surface area contributed by atoms with Gasteiger partial charge in [0, 0.05) is 26.4 Å². The minimum absolute atomic E-state index is 0.0320. The zero-order valence-corrected chi connectivity index (χ0v) is 18.9. The Kier molecular flexibility index (Phi) is 7.71. The second-order valence-corrected chi connectivity index (χ2v) is 8.32. The van der Waals surface area contributed by atoms with Crippen molar-refractivity contribution in [2.24, 2.45) is 11.0 Å². The van der Waals surface area contributed by atoms with E-state index in [-0.39, 0.29) is 18.0 Å². The fourth-order valence-corrected chi connectivity index (χ4v) is 4.19. The molecule has 1 amide bonds. The predicted octanol–water partition coefficient (Wildman–Crippen LogP) is 4.35. The topological polar surface area (TPSA) is 80.2 Å². The van der Waals surface area contributed by atoms with Crippen LogP contribution in [0.2, 0.25) is 0 Å². The average Bonchev–Trinajstić information content (AvgIpc) is 2.75. The molecule has 168 valence electrons. The number of esters is 1. The standard InChI is InChI=1S/C24H33N3O4/c1-5-21(28)31-18-12-9-13-19-20(15-14-18)22(16(2)30-24(29)27(3)4)25-26-23(19)17-10-7-6-8-11-17/h6-8,10-11,16,18,20,26H,5,9,12-15H2,1-4H3. The molecule has 1 aromatic carbocycles. The van der Waals surface area contributed by atoms with Crippen LogP contribution in [0.15, 0.2) is 41.0 Å². The van der Waals surface area contributed by atoms with E-state index in [1.807, 2.05) is 32.0 Å². The van der Waals surface area contributed by atoms with Crippen molar-refractivity contribution in [1.29, 1.82) is 0 Å². The first-order valence-electron chi connectivity index (χ1n) is 11.1. The van der Waals surface area contributed by atoms with E-state index >= 15 is 0 Å². The highest BCUT2D eigenvalue weighted by Gasteiger charge is 2.35. The molecule has 2 aliphatic rings. The highest BCUT2D eigenvalue weighted by Crippen LogP contribution is 2.37. The Morgan fingerprint density at radius 3 is 2.61 bits per heavy atom. The number of ether oxygens (including phenoxy) is 2. The fourth-order valence-electron chi connectivity index (χ4n) is 4.19. The first-order chi connectivity index (χ1) is 14.9. The molecular weight excluding hydrogens is 394 g/mol. The van der Waals surface area contributed by atoms with Crippen LogP contribution in [0.5, 0.6) is 0 Å². The molecule has 1 aromatic rings. The van der Waals surface area contributed by atoms with E-state index in [4.69, 9.17) is 9.47 Å². The molecule has 3 atom stereocenters. The maximum absolute atomic E-state index is 12.1. The van der Waals surface area contributed by atoms with Gasteiger partial charge in [0.25, 0.3) is 0 Å². The Hall–Kier alpha value is -2.83. The van der Waals surface area contributed by atoms with Crippen LogP contribution in [0.3, 0.4) is 0 Å². The van der Waals surface area contributed by atoms with Crippen LogP contribution in [0.4, 0.5) is 4.79 Å². The van der Waals surface area contributed by atoms with Crippen molar-refractivity contribution in [3.8, 4) is 0 Å². The highest BCUT2D eigenvalue weighted by molar-refractivity contribution is 5.97. The molecule has 1 aliphatic heterocycles. The van der Waals surface area contributed by atoms with Crippen molar-refractivity contribution < 1.29 is 19.1 Å². The molecule has 1 fully saturated rings. The van der Waals surface area contributed by atoms with Gasteiger partial charge in [-0.3, -0.25) is 10.2 Å². The van der Waals surface area contributed by atoms with Crippen LogP contribution in [-0.4, -0.2) is 49.0 Å². The molecule has 3 unspecified atom stereocenters. The van der Waals surface area contributed by atoms with Gasteiger partial charge in [-0.1, -0.05) is 37.3 Å². The van der Waals surface area contributed by atoms with E-state index in [2.05, 4.69) is 22.7 Å². The summed E-state index contributed by atoms with van der Waals surface area (Å²) in [6, 6.07) is 10.2. The third-order valence-corrected chi connectivity index (χ3v) is 5.85. The number of amides is 1. The molecule has 1 saturated carbocycles. The van der Waals surface area contributed by atoms with E-state index in [1.165, 1.54) is 10.5 Å². The summed E-state index contributed by atoms with van der Waals surface area (Å²) in [7, 11) is 3.33. The van der Waals surface area contributed by atoms with Crippen LogP contribution in [0.1, 0.15) is 57.9 Å². The van der Waals surface area contributed by atoms with Crippen molar-refractivity contribution in [2.75, 3.05) is 14.1 Å². The van der Waals surface area contributed by atoms with E-state index in [1.54, 1.807) is 14.1 Å². The Balaban J connectivity index is 1.88. The van der Waals surface area contributed by atoms with Gasteiger partial charge in [0.1, 0.15) is 12.2 Å². The lowest BCUT2D eigenvalue weighted by Gasteiger charge is -2.35. The van der Waals surface area contributed by atoms with Crippen molar-refractivity contribution in [3.63, 3.8) is 0 Å². The van der Waals surface area contributed by atoms with Gasteiger partial charge >= 0.3 is 12.1 Å². The average molecular weight is 428 g/mol. The Morgan fingerprint density at radius 1 is 1.19 bits per heavy atom. The van der Waals surface area contributed by atoms with Gasteiger partial charge in [-0.25, -0.2) is 4.79 Å². The number of fused-ring (bicyclic) bond motifs is 1. The number of nitrogens with one attached hydrogen (secondary N) is 1. The van der Waals surface area contributed by atoms with E-state index in [9.17, 15) is 9.59 Å². The number of hydrazone groups is 1. The molecule has 0 radical (unpaired) electrons. The van der Waals surface area contributed by atoms with Crippen LogP contribution in [0.25, 0.3) is 5.70 Å². The van der Waals surface area contributed by atoms with Crippen LogP contribution < -0.4 is 5.43 Å². The first kappa shape index (κ1) is 22.8. The number of benzene rings is 1. The van der Waals surface area contributed by atoms with Gasteiger partial charge in [0.05, 0.1) is 11.4 Å². The maximum atomic E-state index is 12.1. The van der Waals surface area contributed by atoms with Gasteiger partial charge in [-0.05, 0) is 50.2 Å². The van der Waals surface area contributed by atoms with Crippen LogP contribution in [0, 0.1) is 5.92 Å². The van der Waals surface area contributed by atoms with Crippen molar-refractivity contribution >= 4 is 23.5 Å². The quantitative estimate of drug-likeness (QED) is 0.707. The summed E-state index contributed by atoms with van der Waals surface area (Å²) in [6.45, 7) is 3.68. The molecule has 0 saturated heterocycles. The summed E-state index contributed by atoms with van der Waals surface area (Å²) in [5.74, 6) is -0.122. The monoisotopic (exact) mass is 427 g/mol. The molecule has 7 nitrogen and oxygen atoms in total. The summed E-state index contributed by atoms with van der Waals surface area (Å²) >= 11 is 0. The largest absolute Gasteiger partial charge is 0.462 e. The number of carbonyl (C=O) groups is 2. The van der Waals surface area contributed by atoms with Gasteiger partial charge in [0.2, 0.25) is 0 Å². The Morgan fingerprint density at radius 2 is 1.94 bits per heavy atom. The minimum Gasteiger partial charge on any atom is -0.462 e. The van der Waals surface area contributed by atoms with Gasteiger partial charge in [0.15, 0.2) is 0 Å². The number of nitrogens with zero attached hydrogens (tertiary/aromatic N) is 2. The number of hydrogen-bond donors (Lipinski definition) is 1. The number of rotatable bonds is 5. The predicted molar refractivity (Wildman–Crippen MR) is 120 cm³/mol. The normalized spacial score (nSPS) is 22.1. The molecule has 0 bridgehead atoms. The van der Waals surface area contributed by atoms with Crippen LogP contribution >= 0.6 is 0 Å². The van der Waals surface area contributed by atoms with Crippen molar-refractivity contribution in [2.45, 2.75) is 64.6 Å². The first-order valence-corrected chi connectivity index (χ1v) is 11.1. The smallest absolute Gasteiger partial charge is 0.409 e. The number of allylic oxidation sites excluding steroid dienone is 1. The van der Waals surface area contributed by atoms with E-state index in [0.717, 1.165) is 49.1 Å². The zero-order chi connectivity index (χ0) is 22.4. The molecule has 3 rings (SSSR count). The fraction of sp³-hybridized carbons (Fsp3) is 0.542. The summed E-state index contributed by atoms with van der Waals surface area (Å²) in [6.07, 6.45) is 3.64. The minimum atomic E-state index is -0.462. The van der Waals surface area contributed by atoms with Crippen LogP contribution in [-0.2, 0) is 14.3 Å². The summed E-state index contributed by atoms with van der Waals surface area (Å²) in [4.78, 5) is 25.4. The summed E-state index contributed by atoms with van der Waals surface area (Å²) in [5.41, 5.74) is 7.47. The molecule has 0 aromatic heterocycles. The molecule has 1 N–H and O–H groups in total. The summed E-state index contributed by atoms with van der Waals surface area (Å²) < 4.78 is 11.3. The lowest BCUT2D eigenvalue weighted by atomic mass is 9.78. The zero-order valence-electron chi connectivity index (χ0n) is 18.9. The molecule has 31 heavy (non-hydrogen) atoms. The lowest BCUT2D eigenvalue weighted by molar-refractivity contribution is -0.149. The number of hydrogen-bond acceptors (Lipinski definition) is 6. The highest BCUT2D eigenvalue weighted by atomic mass is 16.6. The second-order valence-electron chi connectivity index (χ2n) is 8.32. The lowest BCUT2D eigenvalue weighted by Crippen LogP contribution is -2.39. The van der Waals surface area contributed by atoms with E-state index < -0.39 is 12.2 Å². The molecule has 1 aliphatic carbocycles. The third-order valence-electron chi connectivity index (χ3n) is 5.85. The number of carbonyl (C=O) groups excluding carboxylic acids is 2. The molecule has 1 heterocycles. The SMILES string of the molecule is CCC(=O)OC1CCCC2=C(c3ccccc3)NN=C(C(C)OC(=O)N(C)C)C2CC1. The van der Waals surface area contributed by atoms with Crippen molar-refractivity contribution in [1.82, 2.24) is 10.3 Å². The Labute approximate surface area is 184 Å². The second kappa shape index (κ2) is 10.5. The van der Waals surface area contributed by atoms with Gasteiger partial charge in [-0.2, -0.15) is 5.10 Å².